The molecule has 1 fully saturated rings. The zero-order valence-corrected chi connectivity index (χ0v) is 54.1. The van der Waals surface area contributed by atoms with Crippen molar-refractivity contribution in [3.63, 3.8) is 0 Å². The average Bonchev–Trinajstić information content (AvgIpc) is 4.32. The predicted octanol–water partition coefficient (Wildman–Crippen LogP) is 9.71. The zero-order chi connectivity index (χ0) is 59.5. The van der Waals surface area contributed by atoms with E-state index in [4.69, 9.17) is 30.8 Å². The molecule has 2 amide bonds. The van der Waals surface area contributed by atoms with Gasteiger partial charge in [-0.25, -0.2) is 24.3 Å². The van der Waals surface area contributed by atoms with Gasteiger partial charge in [0, 0.05) is 101 Å². The number of halogens is 2. The molecule has 26 heteroatoms. The number of fused-ring (bicyclic) bond motifs is 2. The third-order valence-corrected chi connectivity index (χ3v) is 16.6. The molecule has 8 heterocycles. The molecule has 0 unspecified atom stereocenters. The molecule has 5 aromatic heterocycles. The van der Waals surface area contributed by atoms with Crippen LogP contribution in [0.1, 0.15) is 118 Å². The summed E-state index contributed by atoms with van der Waals surface area (Å²) in [5.74, 6) is 1.88. The first kappa shape index (κ1) is 69.5. The molecule has 448 valence electrons. The van der Waals surface area contributed by atoms with Crippen molar-refractivity contribution in [2.24, 2.45) is 0 Å². The zero-order valence-electron chi connectivity index (χ0n) is 50.5. The summed E-state index contributed by atoms with van der Waals surface area (Å²) in [7, 11) is 1.28. The first-order valence-corrected chi connectivity index (χ1v) is 35.3. The minimum absolute atomic E-state index is 0. The lowest BCUT2D eigenvalue weighted by Crippen LogP contribution is -2.55. The number of nitrogens with zero attached hydrogens (tertiary/aromatic N) is 13. The van der Waals surface area contributed by atoms with E-state index in [1.807, 2.05) is 51.3 Å². The number of carbonyl (C=O) groups is 5. The molecule has 0 aliphatic carbocycles. The first-order chi connectivity index (χ1) is 37.7. The number of ether oxygens (including phenoxy) is 3. The highest BCUT2D eigenvalue weighted by Crippen LogP contribution is 2.37. The van der Waals surface area contributed by atoms with E-state index in [9.17, 15) is 24.0 Å². The van der Waals surface area contributed by atoms with Crippen molar-refractivity contribution in [2.45, 2.75) is 176 Å². The molecule has 1 saturated heterocycles. The summed E-state index contributed by atoms with van der Waals surface area (Å²) in [6, 6.07) is 7.03. The van der Waals surface area contributed by atoms with Gasteiger partial charge in [0.2, 0.25) is 17.1 Å². The topological polar surface area (TPSA) is 242 Å². The molecule has 1 N–H and O–H groups in total. The van der Waals surface area contributed by atoms with Crippen LogP contribution in [0.3, 0.4) is 0 Å². The van der Waals surface area contributed by atoms with Crippen molar-refractivity contribution >= 4 is 92.3 Å². The van der Waals surface area contributed by atoms with Gasteiger partial charge in [-0.15, -0.1) is 12.4 Å². The minimum atomic E-state index is -1.18. The Morgan fingerprint density at radius 3 is 1.57 bits per heavy atom. The van der Waals surface area contributed by atoms with E-state index in [2.05, 4.69) is 74.6 Å². The highest BCUT2D eigenvalue weighted by molar-refractivity contribution is 6.76. The number of ketones is 3. The molecule has 0 aromatic carbocycles. The van der Waals surface area contributed by atoms with Crippen molar-refractivity contribution in [1.82, 2.24) is 49.7 Å². The summed E-state index contributed by atoms with van der Waals surface area (Å²) in [6.07, 6.45) is 12.0. The van der Waals surface area contributed by atoms with Gasteiger partial charge in [0.05, 0.1) is 18.8 Å². The second kappa shape index (κ2) is 32.8. The Morgan fingerprint density at radius 1 is 0.704 bits per heavy atom. The van der Waals surface area contributed by atoms with Crippen LogP contribution < -0.4 is 19.6 Å². The maximum Gasteiger partial charge on any atom is 0.249 e. The third kappa shape index (κ3) is 20.9. The fourth-order valence-electron chi connectivity index (χ4n) is 8.52. The lowest BCUT2D eigenvalue weighted by atomic mass is 10.1. The van der Waals surface area contributed by atoms with E-state index < -0.39 is 16.1 Å². The highest BCUT2D eigenvalue weighted by atomic mass is 35.5. The number of aromatic amines is 1. The fraction of sp³-hybridized carbons (Fsp3) is 0.600. The van der Waals surface area contributed by atoms with Crippen molar-refractivity contribution < 1.29 is 38.2 Å². The van der Waals surface area contributed by atoms with Gasteiger partial charge in [0.1, 0.15) is 59.8 Å². The molecule has 0 radical (unpaired) electrons. The molecule has 81 heavy (non-hydrogen) atoms. The Bertz CT molecular complexity index is 2770. The molecule has 0 saturated carbocycles. The normalized spacial score (nSPS) is 15.7. The smallest absolute Gasteiger partial charge is 0.249 e. The number of likely N-dealkylation sites (N-methyl/N-ethyl adjacent to an activating group) is 2. The summed E-state index contributed by atoms with van der Waals surface area (Å²) in [6.45, 7) is 33.0. The Morgan fingerprint density at radius 2 is 1.17 bits per heavy atom. The number of rotatable bonds is 19. The van der Waals surface area contributed by atoms with Gasteiger partial charge in [0.15, 0.2) is 29.0 Å². The van der Waals surface area contributed by atoms with Crippen LogP contribution in [-0.4, -0.2) is 160 Å². The van der Waals surface area contributed by atoms with Gasteiger partial charge in [0.25, 0.3) is 0 Å². The number of nitrogens with one attached hydrogen (secondary N) is 1. The van der Waals surface area contributed by atoms with Crippen molar-refractivity contribution in [2.75, 3.05) is 60.1 Å². The van der Waals surface area contributed by atoms with Gasteiger partial charge in [-0.2, -0.15) is 20.3 Å². The molecule has 2 atom stereocenters. The van der Waals surface area contributed by atoms with Crippen LogP contribution >= 0.6 is 24.0 Å². The van der Waals surface area contributed by atoms with E-state index in [-0.39, 0.29) is 84.2 Å². The van der Waals surface area contributed by atoms with Gasteiger partial charge >= 0.3 is 0 Å². The summed E-state index contributed by atoms with van der Waals surface area (Å²) in [4.78, 5) is 84.4. The highest BCUT2D eigenvalue weighted by Gasteiger charge is 2.39. The molecule has 3 aliphatic rings. The molecular formula is C55H88Cl2N14O8Si2. The number of aromatic nitrogens is 10. The molecule has 8 rings (SSSR count). The van der Waals surface area contributed by atoms with Crippen LogP contribution in [0.2, 0.25) is 56.7 Å². The fourth-order valence-corrected chi connectivity index (χ4v) is 10.2. The van der Waals surface area contributed by atoms with E-state index >= 15 is 0 Å². The second-order valence-electron chi connectivity index (χ2n) is 22.6. The number of anilines is 4. The quantitative estimate of drug-likeness (QED) is 0.0350. The van der Waals surface area contributed by atoms with Gasteiger partial charge < -0.3 is 33.8 Å². The Labute approximate surface area is 491 Å². The van der Waals surface area contributed by atoms with Gasteiger partial charge in [-0.05, 0) is 95.3 Å². The standard InChI is InChI=1S/C23H36N6O3Si.C12H17ClN4O.C11H20N2O2Si.C5H6N2O.C4H8O.ClH/c1-8-17-23(31)27(4)19-14-24-21(26-22(19)29(17)16(2)3)13-20(30)18-9-10-25-28(18)15-32-11-12-33(5,6)7;1-5-8-11(18)16(4)9-6-14-12(13)15-10(9)17(8)7(2)3;1-10(14)11-5-6-12-13(11)9-15-7-8-16(2,3)4;1-4(8)5-2-3-6-7-5;1-2-4-5-3-1;/h9-10,14,16-17H,8,11-13,15H2,1-7H3;6-8H,5H2,1-4H3;5-6H,7-9H2,1-4H3;2-3H,1H3,(H,6,7);1-4H2;1H/t17-;8-;;;;/m11..../s1. The molecule has 3 aliphatic heterocycles. The Balaban J connectivity index is 0.000000301. The maximum absolute atomic E-state index is 13.0. The summed E-state index contributed by atoms with van der Waals surface area (Å²) >= 11 is 5.87. The minimum Gasteiger partial charge on any atom is -0.381 e. The molecule has 0 bridgehead atoms. The molecule has 22 nitrogen and oxygen atoms in total. The Hall–Kier alpha value is -5.77. The molecule has 0 spiro atoms. The SMILES string of the molecule is C1CCOC1.CC(=O)c1ccn[nH]1.CC(=O)c1ccnn1COCC[Si](C)(C)C.CC[C@@H]1C(=O)N(C)c2cnc(CC(=O)c3ccnn3COCC[Si](C)(C)C)nc2N1C(C)C.CC[C@@H]1C(=O)N(C)c2cnc(Cl)nc2N1C(C)C.Cl. The largest absolute Gasteiger partial charge is 0.381 e. The molecular weight excluding hydrogens is 1110 g/mol. The number of carbonyl (C=O) groups excluding carboxylic acids is 5. The number of hydrogen-bond acceptors (Lipinski definition) is 17. The second-order valence-corrected chi connectivity index (χ2v) is 34.2. The van der Waals surface area contributed by atoms with Crippen LogP contribution in [0.15, 0.2) is 49.2 Å². The number of hydrogen-bond donors (Lipinski definition) is 1. The lowest BCUT2D eigenvalue weighted by molar-refractivity contribution is -0.120. The van der Waals surface area contributed by atoms with Crippen LogP contribution in [-0.2, 0) is 43.7 Å². The van der Waals surface area contributed by atoms with Crippen LogP contribution in [0.5, 0.6) is 0 Å². The van der Waals surface area contributed by atoms with Crippen molar-refractivity contribution in [3.8, 4) is 0 Å². The van der Waals surface area contributed by atoms with Crippen LogP contribution in [0.4, 0.5) is 23.0 Å². The van der Waals surface area contributed by atoms with Crippen molar-refractivity contribution in [1.29, 1.82) is 0 Å². The monoisotopic (exact) mass is 1200 g/mol. The van der Waals surface area contributed by atoms with Crippen LogP contribution in [0, 0.1) is 0 Å². The summed E-state index contributed by atoms with van der Waals surface area (Å²) in [5.41, 5.74) is 3.01. The van der Waals surface area contributed by atoms with Crippen LogP contribution in [0.25, 0.3) is 0 Å². The van der Waals surface area contributed by atoms with Gasteiger partial charge in [-0.3, -0.25) is 29.1 Å². The number of amides is 2. The van der Waals surface area contributed by atoms with Crippen molar-refractivity contribution in [3.05, 3.63) is 77.4 Å². The lowest BCUT2D eigenvalue weighted by Gasteiger charge is -2.42. The number of Topliss-reactive ketones (excluding diaryl/α,β-unsaturated/α-hetero) is 3. The maximum atomic E-state index is 13.0. The average molecular weight is 1200 g/mol. The van der Waals surface area contributed by atoms with E-state index in [1.54, 1.807) is 82.4 Å². The molecule has 5 aromatic rings. The summed E-state index contributed by atoms with van der Waals surface area (Å²) < 4.78 is 19.4. The Kier molecular flexibility index (Phi) is 28.1. The third-order valence-electron chi connectivity index (χ3n) is 13.0. The van der Waals surface area contributed by atoms with Gasteiger partial charge in [-0.1, -0.05) is 53.1 Å². The first-order valence-electron chi connectivity index (χ1n) is 27.5. The van der Waals surface area contributed by atoms with E-state index in [0.29, 0.717) is 59.9 Å². The van der Waals surface area contributed by atoms with E-state index in [1.165, 1.54) is 26.7 Å². The summed E-state index contributed by atoms with van der Waals surface area (Å²) in [5, 5.41) is 14.6. The number of H-pyrrole nitrogens is 1. The van der Waals surface area contributed by atoms with E-state index in [0.717, 1.165) is 44.1 Å². The predicted molar refractivity (Wildman–Crippen MR) is 326 cm³/mol.